The number of rotatable bonds is 5. The SMILES string of the molecule is CC(C)(C)OC(=O)N[C@H](CC[C@@H]1CO1)C(=O)OC(C)(C)C. The lowest BCUT2D eigenvalue weighted by molar-refractivity contribution is -0.157. The third-order valence-electron chi connectivity index (χ3n) is 2.56. The summed E-state index contributed by atoms with van der Waals surface area (Å²) >= 11 is 0. The molecular weight excluding hydrogens is 274 g/mol. The fourth-order valence-corrected chi connectivity index (χ4v) is 1.66. The van der Waals surface area contributed by atoms with Crippen molar-refractivity contribution in [1.82, 2.24) is 5.32 Å². The van der Waals surface area contributed by atoms with Crippen molar-refractivity contribution in [2.24, 2.45) is 0 Å². The highest BCUT2D eigenvalue weighted by molar-refractivity contribution is 5.81. The average molecular weight is 301 g/mol. The Morgan fingerprint density at radius 3 is 2.10 bits per heavy atom. The lowest BCUT2D eigenvalue weighted by Gasteiger charge is -2.26. The molecule has 21 heavy (non-hydrogen) atoms. The third kappa shape index (κ3) is 8.55. The minimum Gasteiger partial charge on any atom is -0.458 e. The van der Waals surface area contributed by atoms with Crippen LogP contribution in [0.5, 0.6) is 0 Å². The van der Waals surface area contributed by atoms with Crippen molar-refractivity contribution in [2.45, 2.75) is 77.7 Å². The molecule has 1 aliphatic rings. The van der Waals surface area contributed by atoms with Gasteiger partial charge in [-0.1, -0.05) is 0 Å². The van der Waals surface area contributed by atoms with E-state index in [-0.39, 0.29) is 6.10 Å². The van der Waals surface area contributed by atoms with Gasteiger partial charge in [0.1, 0.15) is 17.2 Å². The lowest BCUT2D eigenvalue weighted by Crippen LogP contribution is -2.46. The van der Waals surface area contributed by atoms with E-state index in [1.54, 1.807) is 41.5 Å². The number of amides is 1. The average Bonchev–Trinajstić information content (AvgIpc) is 3.02. The number of epoxide rings is 1. The van der Waals surface area contributed by atoms with E-state index >= 15 is 0 Å². The van der Waals surface area contributed by atoms with Crippen molar-refractivity contribution < 1.29 is 23.8 Å². The van der Waals surface area contributed by atoms with E-state index in [4.69, 9.17) is 14.2 Å². The zero-order chi connectivity index (χ0) is 16.3. The molecule has 0 aromatic heterocycles. The van der Waals surface area contributed by atoms with E-state index in [1.165, 1.54) is 0 Å². The molecule has 2 atom stereocenters. The first kappa shape index (κ1) is 17.8. The van der Waals surface area contributed by atoms with Gasteiger partial charge in [0, 0.05) is 0 Å². The van der Waals surface area contributed by atoms with Gasteiger partial charge < -0.3 is 19.5 Å². The van der Waals surface area contributed by atoms with Crippen LogP contribution in [-0.4, -0.2) is 42.0 Å². The van der Waals surface area contributed by atoms with Gasteiger partial charge in [-0.05, 0) is 54.4 Å². The quantitative estimate of drug-likeness (QED) is 0.623. The van der Waals surface area contributed by atoms with Gasteiger partial charge >= 0.3 is 12.1 Å². The molecule has 0 spiro atoms. The van der Waals surface area contributed by atoms with Crippen LogP contribution in [0.3, 0.4) is 0 Å². The maximum Gasteiger partial charge on any atom is 0.408 e. The molecule has 0 unspecified atom stereocenters. The van der Waals surface area contributed by atoms with E-state index < -0.39 is 29.3 Å². The summed E-state index contributed by atoms with van der Waals surface area (Å²) in [4.78, 5) is 24.0. The van der Waals surface area contributed by atoms with Crippen LogP contribution in [0.1, 0.15) is 54.4 Å². The van der Waals surface area contributed by atoms with E-state index in [0.717, 1.165) is 0 Å². The van der Waals surface area contributed by atoms with Gasteiger partial charge in [-0.15, -0.1) is 0 Å². The number of ether oxygens (including phenoxy) is 3. The summed E-state index contributed by atoms with van der Waals surface area (Å²) in [6, 6.07) is -0.719. The molecule has 0 bridgehead atoms. The number of esters is 1. The third-order valence-corrected chi connectivity index (χ3v) is 2.56. The Hall–Kier alpha value is -1.30. The van der Waals surface area contributed by atoms with Crippen molar-refractivity contribution >= 4 is 12.1 Å². The number of alkyl carbamates (subject to hydrolysis) is 1. The van der Waals surface area contributed by atoms with Crippen LogP contribution in [0.4, 0.5) is 4.79 Å². The molecule has 1 aliphatic heterocycles. The number of hydrogen-bond donors (Lipinski definition) is 1. The fraction of sp³-hybridized carbons (Fsp3) is 0.867. The molecule has 0 radical (unpaired) electrons. The van der Waals surface area contributed by atoms with E-state index in [2.05, 4.69) is 5.32 Å². The minimum atomic E-state index is -0.719. The Morgan fingerprint density at radius 2 is 1.67 bits per heavy atom. The van der Waals surface area contributed by atoms with Crippen molar-refractivity contribution in [2.75, 3.05) is 6.61 Å². The zero-order valence-corrected chi connectivity index (χ0v) is 13.8. The van der Waals surface area contributed by atoms with E-state index in [1.807, 2.05) is 0 Å². The number of carbonyl (C=O) groups is 2. The monoisotopic (exact) mass is 301 g/mol. The normalized spacial score (nSPS) is 19.6. The van der Waals surface area contributed by atoms with Crippen molar-refractivity contribution in [3.63, 3.8) is 0 Å². The fourth-order valence-electron chi connectivity index (χ4n) is 1.66. The van der Waals surface area contributed by atoms with Gasteiger partial charge in [-0.3, -0.25) is 0 Å². The van der Waals surface area contributed by atoms with Crippen LogP contribution in [0, 0.1) is 0 Å². The molecule has 1 amide bonds. The van der Waals surface area contributed by atoms with Gasteiger partial charge in [0.2, 0.25) is 0 Å². The molecule has 1 saturated heterocycles. The highest BCUT2D eigenvalue weighted by Crippen LogP contribution is 2.19. The Balaban J connectivity index is 2.57. The van der Waals surface area contributed by atoms with Gasteiger partial charge in [-0.25, -0.2) is 9.59 Å². The zero-order valence-electron chi connectivity index (χ0n) is 13.8. The van der Waals surface area contributed by atoms with Crippen LogP contribution in [-0.2, 0) is 19.0 Å². The first-order valence-electron chi connectivity index (χ1n) is 7.30. The molecule has 1 N–H and O–H groups in total. The Morgan fingerprint density at radius 1 is 1.14 bits per heavy atom. The summed E-state index contributed by atoms with van der Waals surface area (Å²) in [6.45, 7) is 11.4. The molecule has 6 heteroatoms. The summed E-state index contributed by atoms with van der Waals surface area (Å²) < 4.78 is 15.6. The molecule has 1 fully saturated rings. The van der Waals surface area contributed by atoms with Crippen molar-refractivity contribution in [3.8, 4) is 0 Å². The number of hydrogen-bond acceptors (Lipinski definition) is 5. The number of nitrogens with one attached hydrogen (secondary N) is 1. The predicted molar refractivity (Wildman–Crippen MR) is 78.0 cm³/mol. The van der Waals surface area contributed by atoms with Gasteiger partial charge in [0.05, 0.1) is 12.7 Å². The summed E-state index contributed by atoms with van der Waals surface area (Å²) in [5.41, 5.74) is -1.21. The van der Waals surface area contributed by atoms with Crippen LogP contribution < -0.4 is 5.32 Å². The maximum absolute atomic E-state index is 12.2. The van der Waals surface area contributed by atoms with Crippen molar-refractivity contribution in [1.29, 1.82) is 0 Å². The Labute approximate surface area is 126 Å². The second-order valence-electron chi connectivity index (χ2n) is 7.26. The molecule has 122 valence electrons. The summed E-state index contributed by atoms with van der Waals surface area (Å²) in [5.74, 6) is -0.450. The highest BCUT2D eigenvalue weighted by Gasteiger charge is 2.31. The molecular formula is C15H27NO5. The molecule has 6 nitrogen and oxygen atoms in total. The highest BCUT2D eigenvalue weighted by atomic mass is 16.6. The smallest absolute Gasteiger partial charge is 0.408 e. The molecule has 0 aromatic rings. The van der Waals surface area contributed by atoms with Crippen LogP contribution in [0.2, 0.25) is 0 Å². The Kier molecular flexibility index (Phi) is 5.61. The summed E-state index contributed by atoms with van der Waals surface area (Å²) in [7, 11) is 0. The second kappa shape index (κ2) is 6.64. The Bertz CT molecular complexity index is 377. The minimum absolute atomic E-state index is 0.190. The molecule has 0 aromatic carbocycles. The predicted octanol–water partition coefficient (Wildman–Crippen LogP) is 2.40. The topological polar surface area (TPSA) is 77.2 Å². The largest absolute Gasteiger partial charge is 0.458 e. The molecule has 1 heterocycles. The summed E-state index contributed by atoms with van der Waals surface area (Å²) in [6.07, 6.45) is 0.754. The van der Waals surface area contributed by atoms with Gasteiger partial charge in [0.15, 0.2) is 0 Å². The van der Waals surface area contributed by atoms with Crippen LogP contribution in [0.25, 0.3) is 0 Å². The lowest BCUT2D eigenvalue weighted by atomic mass is 10.1. The number of carbonyl (C=O) groups excluding carboxylic acids is 2. The van der Waals surface area contributed by atoms with E-state index in [9.17, 15) is 9.59 Å². The first-order chi connectivity index (χ1) is 9.46. The standard InChI is InChI=1S/C15H27NO5/c1-14(2,3)20-12(17)11(8-7-10-9-19-10)16-13(18)21-15(4,5)6/h10-11H,7-9H2,1-6H3,(H,16,18)/t10-,11-/m1/s1. The van der Waals surface area contributed by atoms with Crippen LogP contribution >= 0.6 is 0 Å². The molecule has 0 aliphatic carbocycles. The van der Waals surface area contributed by atoms with Crippen LogP contribution in [0.15, 0.2) is 0 Å². The van der Waals surface area contributed by atoms with Gasteiger partial charge in [0.25, 0.3) is 0 Å². The molecule has 0 saturated carbocycles. The van der Waals surface area contributed by atoms with Crippen molar-refractivity contribution in [3.05, 3.63) is 0 Å². The second-order valence-corrected chi connectivity index (χ2v) is 7.26. The van der Waals surface area contributed by atoms with Gasteiger partial charge in [-0.2, -0.15) is 0 Å². The first-order valence-corrected chi connectivity index (χ1v) is 7.30. The maximum atomic E-state index is 12.2. The van der Waals surface area contributed by atoms with E-state index in [0.29, 0.717) is 19.4 Å². The molecule has 1 rings (SSSR count). The summed E-state index contributed by atoms with van der Waals surface area (Å²) in [5, 5.41) is 2.59.